The van der Waals surface area contributed by atoms with Gasteiger partial charge in [0.2, 0.25) is 0 Å². The van der Waals surface area contributed by atoms with Crippen molar-refractivity contribution in [3.63, 3.8) is 0 Å². The molecule has 1 aromatic heterocycles. The van der Waals surface area contributed by atoms with E-state index in [0.717, 1.165) is 5.69 Å². The number of aliphatic imine (C=N–C) groups is 1. The Morgan fingerprint density at radius 2 is 2.58 bits per heavy atom. The van der Waals surface area contributed by atoms with E-state index >= 15 is 0 Å². The Morgan fingerprint density at radius 1 is 1.75 bits per heavy atom. The van der Waals surface area contributed by atoms with Crippen LogP contribution in [0.2, 0.25) is 0 Å². The van der Waals surface area contributed by atoms with E-state index in [1.165, 1.54) is 12.8 Å². The molecule has 0 saturated heterocycles. The highest BCUT2D eigenvalue weighted by atomic mass is 32.1. The predicted molar refractivity (Wildman–Crippen MR) is 49.0 cm³/mol. The van der Waals surface area contributed by atoms with Crippen LogP contribution in [0.4, 0.5) is 0 Å². The van der Waals surface area contributed by atoms with E-state index in [4.69, 9.17) is 5.84 Å². The Bertz CT molecular complexity index is 276. The van der Waals surface area contributed by atoms with Gasteiger partial charge < -0.3 is 5.43 Å². The summed E-state index contributed by atoms with van der Waals surface area (Å²) in [7, 11) is 0. The van der Waals surface area contributed by atoms with Crippen molar-refractivity contribution in [2.75, 3.05) is 0 Å². The topological polar surface area (TPSA) is 63.3 Å². The van der Waals surface area contributed by atoms with Crippen LogP contribution in [0.25, 0.3) is 0 Å². The number of nitrogens with one attached hydrogen (secondary N) is 1. The average Bonchev–Trinajstić information content (AvgIpc) is 2.74. The van der Waals surface area contributed by atoms with Crippen molar-refractivity contribution in [3.05, 3.63) is 16.6 Å². The lowest BCUT2D eigenvalue weighted by Gasteiger charge is -2.00. The van der Waals surface area contributed by atoms with Gasteiger partial charge in [-0.3, -0.25) is 4.99 Å². The standard InChI is InChI=1S/C7H10N4S/c8-11-7(10-5-1-2-5)6-3-12-4-9-6/h3-5H,1-2,8H2,(H,10,11). The zero-order chi connectivity index (χ0) is 8.39. The molecule has 0 bridgehead atoms. The number of amidine groups is 1. The summed E-state index contributed by atoms with van der Waals surface area (Å²) in [6.07, 6.45) is 2.35. The Morgan fingerprint density at radius 3 is 3.08 bits per heavy atom. The van der Waals surface area contributed by atoms with Crippen LogP contribution in [0, 0.1) is 0 Å². The number of hydrogen-bond donors (Lipinski definition) is 2. The van der Waals surface area contributed by atoms with Crippen LogP contribution in [0.15, 0.2) is 15.9 Å². The second-order valence-corrected chi connectivity index (χ2v) is 3.45. The molecule has 1 aliphatic rings. The van der Waals surface area contributed by atoms with Gasteiger partial charge in [0.05, 0.1) is 11.6 Å². The van der Waals surface area contributed by atoms with Gasteiger partial charge in [0, 0.05) is 5.38 Å². The van der Waals surface area contributed by atoms with Gasteiger partial charge in [-0.1, -0.05) is 0 Å². The highest BCUT2D eigenvalue weighted by molar-refractivity contribution is 7.07. The fourth-order valence-corrected chi connectivity index (χ4v) is 1.43. The van der Waals surface area contributed by atoms with E-state index in [1.54, 1.807) is 16.8 Å². The number of thiazole rings is 1. The molecule has 0 aromatic carbocycles. The Balaban J connectivity index is 2.17. The quantitative estimate of drug-likeness (QED) is 0.303. The maximum absolute atomic E-state index is 5.32. The largest absolute Gasteiger partial charge is 0.307 e. The molecule has 0 spiro atoms. The van der Waals surface area contributed by atoms with Gasteiger partial charge in [-0.05, 0) is 12.8 Å². The smallest absolute Gasteiger partial charge is 0.162 e. The molecule has 0 unspecified atom stereocenters. The molecule has 5 heteroatoms. The second kappa shape index (κ2) is 3.20. The van der Waals surface area contributed by atoms with Gasteiger partial charge in [-0.25, -0.2) is 10.8 Å². The molecular formula is C7H10N4S. The molecule has 2 rings (SSSR count). The van der Waals surface area contributed by atoms with E-state index in [-0.39, 0.29) is 0 Å². The van der Waals surface area contributed by atoms with Crippen molar-refractivity contribution < 1.29 is 0 Å². The highest BCUT2D eigenvalue weighted by Crippen LogP contribution is 2.23. The fraction of sp³-hybridized carbons (Fsp3) is 0.429. The van der Waals surface area contributed by atoms with Crippen LogP contribution in [-0.4, -0.2) is 16.9 Å². The lowest BCUT2D eigenvalue weighted by Crippen LogP contribution is -2.31. The van der Waals surface area contributed by atoms with E-state index in [1.807, 2.05) is 5.38 Å². The molecule has 1 heterocycles. The third-order valence-electron chi connectivity index (χ3n) is 1.67. The van der Waals surface area contributed by atoms with Crippen molar-refractivity contribution in [2.24, 2.45) is 10.8 Å². The van der Waals surface area contributed by atoms with Gasteiger partial charge in [-0.2, -0.15) is 0 Å². The SMILES string of the molecule is NNC(=NC1CC1)c1cscn1. The van der Waals surface area contributed by atoms with E-state index in [9.17, 15) is 0 Å². The minimum atomic E-state index is 0.470. The first-order valence-corrected chi connectivity index (χ1v) is 4.77. The summed E-state index contributed by atoms with van der Waals surface area (Å²) in [5, 5.41) is 1.93. The molecule has 12 heavy (non-hydrogen) atoms. The first kappa shape index (κ1) is 7.70. The first-order valence-electron chi connectivity index (χ1n) is 3.83. The van der Waals surface area contributed by atoms with Crippen molar-refractivity contribution in [1.82, 2.24) is 10.4 Å². The van der Waals surface area contributed by atoms with Gasteiger partial charge in [0.15, 0.2) is 5.84 Å². The zero-order valence-electron chi connectivity index (χ0n) is 6.53. The number of nitrogens with zero attached hydrogens (tertiary/aromatic N) is 2. The van der Waals surface area contributed by atoms with Gasteiger partial charge >= 0.3 is 0 Å². The van der Waals surface area contributed by atoms with E-state index in [0.29, 0.717) is 11.9 Å². The monoisotopic (exact) mass is 182 g/mol. The van der Waals surface area contributed by atoms with E-state index < -0.39 is 0 Å². The molecule has 1 aliphatic carbocycles. The summed E-state index contributed by atoms with van der Waals surface area (Å²) in [4.78, 5) is 8.49. The molecule has 0 aliphatic heterocycles. The maximum atomic E-state index is 5.32. The summed E-state index contributed by atoms with van der Waals surface area (Å²) in [5.41, 5.74) is 5.18. The highest BCUT2D eigenvalue weighted by Gasteiger charge is 2.21. The number of aromatic nitrogens is 1. The summed E-state index contributed by atoms with van der Waals surface area (Å²) >= 11 is 1.54. The summed E-state index contributed by atoms with van der Waals surface area (Å²) < 4.78 is 0. The molecule has 64 valence electrons. The minimum Gasteiger partial charge on any atom is -0.307 e. The van der Waals surface area contributed by atoms with Crippen LogP contribution in [-0.2, 0) is 0 Å². The van der Waals surface area contributed by atoms with Crippen LogP contribution in [0.1, 0.15) is 18.5 Å². The Labute approximate surface area is 74.5 Å². The first-order chi connectivity index (χ1) is 5.90. The minimum absolute atomic E-state index is 0.470. The van der Waals surface area contributed by atoms with Crippen molar-refractivity contribution in [2.45, 2.75) is 18.9 Å². The lowest BCUT2D eigenvalue weighted by molar-refractivity contribution is 0.965. The molecule has 1 aromatic rings. The molecule has 0 atom stereocenters. The average molecular weight is 182 g/mol. The Hall–Kier alpha value is -0.940. The van der Waals surface area contributed by atoms with Crippen LogP contribution >= 0.6 is 11.3 Å². The predicted octanol–water partition coefficient (Wildman–Crippen LogP) is 0.515. The molecule has 1 fully saturated rings. The summed E-state index contributed by atoms with van der Waals surface area (Å²) in [6.45, 7) is 0. The van der Waals surface area contributed by atoms with E-state index in [2.05, 4.69) is 15.4 Å². The molecule has 4 nitrogen and oxygen atoms in total. The fourth-order valence-electron chi connectivity index (χ4n) is 0.893. The summed E-state index contributed by atoms with van der Waals surface area (Å²) in [5.74, 6) is 6.03. The maximum Gasteiger partial charge on any atom is 0.162 e. The third-order valence-corrected chi connectivity index (χ3v) is 2.26. The molecule has 3 N–H and O–H groups in total. The number of hydrogen-bond acceptors (Lipinski definition) is 4. The summed E-state index contributed by atoms with van der Waals surface area (Å²) in [6, 6.07) is 0.470. The Kier molecular flexibility index (Phi) is 2.05. The third kappa shape index (κ3) is 1.62. The number of rotatable bonds is 2. The van der Waals surface area contributed by atoms with Crippen LogP contribution in [0.5, 0.6) is 0 Å². The van der Waals surface area contributed by atoms with Crippen molar-refractivity contribution in [3.8, 4) is 0 Å². The zero-order valence-corrected chi connectivity index (χ0v) is 7.34. The number of nitrogens with two attached hydrogens (primary N) is 1. The van der Waals surface area contributed by atoms with Gasteiger partial charge in [0.25, 0.3) is 0 Å². The van der Waals surface area contributed by atoms with Crippen molar-refractivity contribution in [1.29, 1.82) is 0 Å². The second-order valence-electron chi connectivity index (χ2n) is 2.73. The molecule has 1 saturated carbocycles. The van der Waals surface area contributed by atoms with Crippen LogP contribution in [0.3, 0.4) is 0 Å². The normalized spacial score (nSPS) is 17.9. The van der Waals surface area contributed by atoms with Gasteiger partial charge in [0.1, 0.15) is 5.69 Å². The molecular weight excluding hydrogens is 172 g/mol. The lowest BCUT2D eigenvalue weighted by atomic mass is 10.4. The van der Waals surface area contributed by atoms with Crippen LogP contribution < -0.4 is 11.3 Å². The number of hydrazine groups is 1. The van der Waals surface area contributed by atoms with Gasteiger partial charge in [-0.15, -0.1) is 11.3 Å². The molecule has 0 radical (unpaired) electrons. The van der Waals surface area contributed by atoms with Crippen molar-refractivity contribution >= 4 is 17.2 Å². The molecule has 0 amide bonds.